The molecule has 0 aromatic heterocycles. The molecule has 0 spiro atoms. The fraction of sp³-hybridized carbons (Fsp3) is 0.222. The van der Waals surface area contributed by atoms with Gasteiger partial charge in [0.15, 0.2) is 5.56 Å². The van der Waals surface area contributed by atoms with Crippen molar-refractivity contribution in [3.63, 3.8) is 0 Å². The SMILES string of the molecule is Cl.Oc1cc(Cl)ccc1C1=NCC(Cl)O1. The monoisotopic (exact) mass is 267 g/mol. The van der Waals surface area contributed by atoms with E-state index in [1.54, 1.807) is 12.1 Å². The van der Waals surface area contributed by atoms with E-state index in [1.807, 2.05) is 0 Å². The molecule has 0 amide bonds. The van der Waals surface area contributed by atoms with E-state index >= 15 is 0 Å². The number of nitrogens with zero attached hydrogens (tertiary/aromatic N) is 1. The quantitative estimate of drug-likeness (QED) is 0.796. The molecular weight excluding hydrogens is 260 g/mol. The van der Waals surface area contributed by atoms with Crippen LogP contribution in [0.1, 0.15) is 5.56 Å². The minimum absolute atomic E-state index is 0. The Morgan fingerprint density at radius 3 is 2.73 bits per heavy atom. The summed E-state index contributed by atoms with van der Waals surface area (Å²) < 4.78 is 5.18. The van der Waals surface area contributed by atoms with E-state index < -0.39 is 5.56 Å². The summed E-state index contributed by atoms with van der Waals surface area (Å²) in [5.74, 6) is 0.404. The van der Waals surface area contributed by atoms with Gasteiger partial charge < -0.3 is 9.84 Å². The number of aromatic hydroxyl groups is 1. The first-order valence-electron chi connectivity index (χ1n) is 4.01. The summed E-state index contributed by atoms with van der Waals surface area (Å²) in [4.78, 5) is 4.04. The van der Waals surface area contributed by atoms with Gasteiger partial charge in [0.05, 0.1) is 12.1 Å². The molecule has 0 aliphatic carbocycles. The lowest BCUT2D eigenvalue weighted by Crippen LogP contribution is -2.06. The standard InChI is InChI=1S/C9H7Cl2NO2.ClH/c10-5-1-2-6(7(13)3-5)9-12-4-8(11)14-9;/h1-3,8,13H,4H2;1H. The van der Waals surface area contributed by atoms with Crippen LogP contribution in [0, 0.1) is 0 Å². The molecular formula is C9H8Cl3NO2. The number of alkyl halides is 1. The van der Waals surface area contributed by atoms with E-state index in [0.717, 1.165) is 0 Å². The van der Waals surface area contributed by atoms with Crippen LogP contribution in [0.3, 0.4) is 0 Å². The van der Waals surface area contributed by atoms with Crippen molar-refractivity contribution < 1.29 is 9.84 Å². The number of hydrogen-bond acceptors (Lipinski definition) is 3. The van der Waals surface area contributed by atoms with E-state index in [1.165, 1.54) is 6.07 Å². The second kappa shape index (κ2) is 4.92. The van der Waals surface area contributed by atoms with Gasteiger partial charge in [-0.1, -0.05) is 23.2 Å². The Hall–Kier alpha value is -0.640. The number of phenolic OH excluding ortho intramolecular Hbond substituents is 1. The highest BCUT2D eigenvalue weighted by molar-refractivity contribution is 6.30. The fourth-order valence-electron chi connectivity index (χ4n) is 1.18. The van der Waals surface area contributed by atoms with Gasteiger partial charge in [0, 0.05) is 5.02 Å². The molecule has 1 aliphatic heterocycles. The van der Waals surface area contributed by atoms with Gasteiger partial charge in [-0.15, -0.1) is 12.4 Å². The van der Waals surface area contributed by atoms with Gasteiger partial charge in [-0.25, -0.2) is 4.99 Å². The van der Waals surface area contributed by atoms with Crippen molar-refractivity contribution in [3.05, 3.63) is 28.8 Å². The van der Waals surface area contributed by atoms with Crippen LogP contribution < -0.4 is 0 Å². The van der Waals surface area contributed by atoms with E-state index in [2.05, 4.69) is 4.99 Å². The highest BCUT2D eigenvalue weighted by Crippen LogP contribution is 2.25. The molecule has 1 aromatic carbocycles. The summed E-state index contributed by atoms with van der Waals surface area (Å²) in [7, 11) is 0. The summed E-state index contributed by atoms with van der Waals surface area (Å²) in [5, 5.41) is 10.0. The van der Waals surface area contributed by atoms with Crippen molar-refractivity contribution in [2.24, 2.45) is 4.99 Å². The number of hydrogen-bond donors (Lipinski definition) is 1. The Bertz CT molecular complexity index is 395. The molecule has 0 bridgehead atoms. The van der Waals surface area contributed by atoms with Crippen LogP contribution in [0.4, 0.5) is 0 Å². The minimum atomic E-state index is -0.444. The molecule has 1 unspecified atom stereocenters. The maximum atomic E-state index is 9.55. The van der Waals surface area contributed by atoms with Crippen LogP contribution >= 0.6 is 35.6 Å². The second-order valence-corrected chi connectivity index (χ2v) is 3.76. The molecule has 82 valence electrons. The van der Waals surface area contributed by atoms with Crippen molar-refractivity contribution in [2.75, 3.05) is 6.54 Å². The fourth-order valence-corrected chi connectivity index (χ4v) is 1.50. The third-order valence-corrected chi connectivity index (χ3v) is 2.27. The van der Waals surface area contributed by atoms with Gasteiger partial charge in [-0.2, -0.15) is 0 Å². The number of benzene rings is 1. The zero-order valence-corrected chi connectivity index (χ0v) is 9.81. The van der Waals surface area contributed by atoms with Gasteiger partial charge in [-0.05, 0) is 18.2 Å². The summed E-state index contributed by atoms with van der Waals surface area (Å²) in [5.41, 5.74) is 0.0672. The molecule has 1 heterocycles. The first-order valence-corrected chi connectivity index (χ1v) is 4.82. The maximum Gasteiger partial charge on any atom is 0.221 e. The number of rotatable bonds is 1. The maximum absolute atomic E-state index is 9.55. The molecule has 6 heteroatoms. The Labute approximate surface area is 103 Å². The largest absolute Gasteiger partial charge is 0.507 e. The van der Waals surface area contributed by atoms with E-state index in [-0.39, 0.29) is 18.2 Å². The third kappa shape index (κ3) is 2.68. The van der Waals surface area contributed by atoms with E-state index in [9.17, 15) is 5.11 Å². The molecule has 15 heavy (non-hydrogen) atoms. The first kappa shape index (κ1) is 12.4. The van der Waals surface area contributed by atoms with Gasteiger partial charge >= 0.3 is 0 Å². The van der Waals surface area contributed by atoms with Crippen molar-refractivity contribution in [1.29, 1.82) is 0 Å². The zero-order valence-electron chi connectivity index (χ0n) is 7.48. The van der Waals surface area contributed by atoms with Crippen LogP contribution in [0.25, 0.3) is 0 Å². The van der Waals surface area contributed by atoms with Gasteiger partial charge in [0.1, 0.15) is 5.75 Å². The molecule has 0 radical (unpaired) electrons. The first-order chi connectivity index (χ1) is 6.66. The topological polar surface area (TPSA) is 41.8 Å². The molecule has 1 N–H and O–H groups in total. The van der Waals surface area contributed by atoms with Crippen LogP contribution in [0.2, 0.25) is 5.02 Å². The average Bonchev–Trinajstić information content (AvgIpc) is 2.51. The Balaban J connectivity index is 0.00000112. The van der Waals surface area contributed by atoms with Crippen LogP contribution in [0.15, 0.2) is 23.2 Å². The highest BCUT2D eigenvalue weighted by Gasteiger charge is 2.20. The number of ether oxygens (including phenoxy) is 1. The predicted octanol–water partition coefficient (Wildman–Crippen LogP) is 2.81. The predicted molar refractivity (Wildman–Crippen MR) is 62.5 cm³/mol. The van der Waals surface area contributed by atoms with Crippen molar-refractivity contribution >= 4 is 41.5 Å². The lowest BCUT2D eigenvalue weighted by Gasteiger charge is -2.06. The van der Waals surface area contributed by atoms with Gasteiger partial charge in [-0.3, -0.25) is 0 Å². The lowest BCUT2D eigenvalue weighted by molar-refractivity contribution is 0.306. The summed E-state index contributed by atoms with van der Waals surface area (Å²) in [6.07, 6.45) is 0. The van der Waals surface area contributed by atoms with E-state index in [0.29, 0.717) is 23.0 Å². The van der Waals surface area contributed by atoms with E-state index in [4.69, 9.17) is 27.9 Å². The van der Waals surface area contributed by atoms with Crippen molar-refractivity contribution in [2.45, 2.75) is 5.56 Å². The normalized spacial score (nSPS) is 19.1. The van der Waals surface area contributed by atoms with Crippen LogP contribution in [-0.4, -0.2) is 23.1 Å². The Morgan fingerprint density at radius 1 is 1.47 bits per heavy atom. The van der Waals surface area contributed by atoms with Crippen molar-refractivity contribution in [3.8, 4) is 5.75 Å². The molecule has 1 aromatic rings. The van der Waals surface area contributed by atoms with Crippen molar-refractivity contribution in [1.82, 2.24) is 0 Å². The Morgan fingerprint density at radius 2 is 2.20 bits per heavy atom. The molecule has 3 nitrogen and oxygen atoms in total. The summed E-state index contributed by atoms with van der Waals surface area (Å²) in [6, 6.07) is 4.74. The summed E-state index contributed by atoms with van der Waals surface area (Å²) >= 11 is 11.4. The molecule has 0 saturated carbocycles. The number of aliphatic imine (C=N–C) groups is 1. The zero-order chi connectivity index (χ0) is 10.1. The smallest absolute Gasteiger partial charge is 0.221 e. The average molecular weight is 269 g/mol. The van der Waals surface area contributed by atoms with Crippen LogP contribution in [0.5, 0.6) is 5.75 Å². The highest BCUT2D eigenvalue weighted by atomic mass is 35.5. The minimum Gasteiger partial charge on any atom is -0.507 e. The molecule has 2 rings (SSSR count). The Kier molecular flexibility index (Phi) is 4.08. The molecule has 0 fully saturated rings. The van der Waals surface area contributed by atoms with Gasteiger partial charge in [0.2, 0.25) is 5.90 Å². The van der Waals surface area contributed by atoms with Gasteiger partial charge in [0.25, 0.3) is 0 Å². The number of halogens is 3. The second-order valence-electron chi connectivity index (χ2n) is 2.84. The molecule has 1 atom stereocenters. The molecule has 1 aliphatic rings. The summed E-state index contributed by atoms with van der Waals surface area (Å²) in [6.45, 7) is 0.402. The van der Waals surface area contributed by atoms with Crippen LogP contribution in [-0.2, 0) is 4.74 Å². The third-order valence-electron chi connectivity index (χ3n) is 1.81. The lowest BCUT2D eigenvalue weighted by atomic mass is 10.2. The number of phenols is 1. The molecule has 0 saturated heterocycles.